The Hall–Kier alpha value is -2.61. The van der Waals surface area contributed by atoms with Crippen LogP contribution in [0, 0.1) is 0 Å². The molecule has 2 aromatic rings. The normalized spacial score (nSPS) is 12.2. The molecular formula is C23H29N2+. The highest BCUT2D eigenvalue weighted by Crippen LogP contribution is 2.17. The summed E-state index contributed by atoms with van der Waals surface area (Å²) < 4.78 is 0. The third kappa shape index (κ3) is 6.42. The molecule has 0 saturated carbocycles. The van der Waals surface area contributed by atoms with Gasteiger partial charge in [0.25, 0.3) is 0 Å². The molecule has 2 N–H and O–H groups in total. The average molecular weight is 333 g/mol. The molecule has 0 aliphatic rings. The molecule has 0 fully saturated rings. The minimum atomic E-state index is 0.567. The molecule has 0 bridgehead atoms. The van der Waals surface area contributed by atoms with Crippen LogP contribution in [-0.2, 0) is 0 Å². The smallest absolute Gasteiger partial charge is 0.203 e. The van der Waals surface area contributed by atoms with Crippen molar-refractivity contribution in [3.8, 4) is 0 Å². The second kappa shape index (κ2) is 9.63. The lowest BCUT2D eigenvalue weighted by Crippen LogP contribution is -2.60. The second-order valence-electron chi connectivity index (χ2n) is 6.75. The highest BCUT2D eigenvalue weighted by Gasteiger charge is 1.99. The molecule has 130 valence electrons. The largest absolute Gasteiger partial charge is 0.362 e. The zero-order valence-corrected chi connectivity index (χ0v) is 15.7. The van der Waals surface area contributed by atoms with E-state index < -0.39 is 0 Å². The summed E-state index contributed by atoms with van der Waals surface area (Å²) in [7, 11) is 0. The van der Waals surface area contributed by atoms with Gasteiger partial charge in [0.1, 0.15) is 0 Å². The van der Waals surface area contributed by atoms with Crippen LogP contribution in [0.1, 0.15) is 50.7 Å². The minimum absolute atomic E-state index is 0.567. The monoisotopic (exact) mass is 333 g/mol. The molecule has 2 heteroatoms. The van der Waals surface area contributed by atoms with Crippen molar-refractivity contribution in [1.82, 2.24) is 0 Å². The summed E-state index contributed by atoms with van der Waals surface area (Å²) in [6, 6.07) is 17.1. The first-order chi connectivity index (χ1) is 12.1. The maximum atomic E-state index is 3.27. The summed E-state index contributed by atoms with van der Waals surface area (Å²) >= 11 is 0. The third-order valence-corrected chi connectivity index (χ3v) is 4.07. The number of nitrogens with one attached hydrogen (secondary N) is 2. The van der Waals surface area contributed by atoms with Gasteiger partial charge in [-0.1, -0.05) is 58.0 Å². The highest BCUT2D eigenvalue weighted by molar-refractivity contribution is 5.67. The fourth-order valence-corrected chi connectivity index (χ4v) is 2.39. The van der Waals surface area contributed by atoms with Gasteiger partial charge >= 0.3 is 0 Å². The van der Waals surface area contributed by atoms with Gasteiger partial charge < -0.3 is 5.32 Å². The van der Waals surface area contributed by atoms with Gasteiger partial charge in [0, 0.05) is 30.1 Å². The van der Waals surface area contributed by atoms with Crippen LogP contribution in [-0.4, -0.2) is 6.21 Å². The van der Waals surface area contributed by atoms with E-state index in [-0.39, 0.29) is 0 Å². The van der Waals surface area contributed by atoms with Gasteiger partial charge in [0.15, 0.2) is 6.21 Å². The lowest BCUT2D eigenvalue weighted by atomic mass is 10.0. The van der Waals surface area contributed by atoms with Gasteiger partial charge in [0.05, 0.1) is 0 Å². The van der Waals surface area contributed by atoms with Gasteiger partial charge in [0.2, 0.25) is 5.69 Å². The number of hydrogen-bond acceptors (Lipinski definition) is 1. The quantitative estimate of drug-likeness (QED) is 0.547. The van der Waals surface area contributed by atoms with E-state index in [0.29, 0.717) is 11.8 Å². The molecule has 0 unspecified atom stereocenters. The predicted molar refractivity (Wildman–Crippen MR) is 110 cm³/mol. The summed E-state index contributed by atoms with van der Waals surface area (Å²) in [5.41, 5.74) is 4.91. The fraction of sp³-hybridized carbons (Fsp3) is 0.261. The highest BCUT2D eigenvalue weighted by atomic mass is 14.8. The number of hydrogen-bond donors (Lipinski definition) is 2. The van der Waals surface area contributed by atoms with Crippen molar-refractivity contribution in [3.63, 3.8) is 0 Å². The molecule has 2 rings (SSSR count). The molecule has 0 aliphatic heterocycles. The average Bonchev–Trinajstić information content (AvgIpc) is 2.61. The Morgan fingerprint density at radius 1 is 0.720 bits per heavy atom. The van der Waals surface area contributed by atoms with E-state index in [1.54, 1.807) is 0 Å². The van der Waals surface area contributed by atoms with Gasteiger partial charge in [-0.15, -0.1) is 0 Å². The minimum Gasteiger partial charge on any atom is -0.362 e. The Balaban J connectivity index is 1.79. The van der Waals surface area contributed by atoms with Gasteiger partial charge in [-0.25, -0.2) is 4.99 Å². The van der Waals surface area contributed by atoms with Gasteiger partial charge in [-0.2, -0.15) is 0 Å². The van der Waals surface area contributed by atoms with Crippen LogP contribution in [0.4, 0.5) is 11.4 Å². The number of anilines is 1. The molecule has 2 nitrogen and oxygen atoms in total. The molecular weight excluding hydrogens is 304 g/mol. The Morgan fingerprint density at radius 3 is 1.84 bits per heavy atom. The van der Waals surface area contributed by atoms with Crippen molar-refractivity contribution in [2.75, 3.05) is 5.32 Å². The molecule has 25 heavy (non-hydrogen) atoms. The number of allylic oxidation sites excluding steroid dienone is 3. The van der Waals surface area contributed by atoms with E-state index in [1.165, 1.54) is 11.1 Å². The van der Waals surface area contributed by atoms with Crippen LogP contribution >= 0.6 is 0 Å². The lowest BCUT2D eigenvalue weighted by molar-refractivity contribution is -0.346. The van der Waals surface area contributed by atoms with E-state index in [1.807, 2.05) is 30.6 Å². The van der Waals surface area contributed by atoms with E-state index >= 15 is 0 Å². The summed E-state index contributed by atoms with van der Waals surface area (Å²) in [6.07, 6.45) is 9.83. The molecule has 0 radical (unpaired) electrons. The lowest BCUT2D eigenvalue weighted by Gasteiger charge is -2.06. The van der Waals surface area contributed by atoms with Crippen molar-refractivity contribution in [1.29, 1.82) is 0 Å². The Labute approximate surface area is 152 Å². The maximum Gasteiger partial charge on any atom is 0.203 e. The van der Waals surface area contributed by atoms with Crippen molar-refractivity contribution in [2.24, 2.45) is 0 Å². The van der Waals surface area contributed by atoms with E-state index in [9.17, 15) is 0 Å². The van der Waals surface area contributed by atoms with Crippen LogP contribution in [0.15, 0.2) is 73.0 Å². The molecule has 0 aliphatic carbocycles. The fourth-order valence-electron chi connectivity index (χ4n) is 2.39. The Bertz CT molecular complexity index is 718. The third-order valence-electron chi connectivity index (χ3n) is 4.07. The standard InChI is InChI=1S/C23H28N2/c1-18(2)20-8-12-22(13-9-20)24-16-6-5-7-17-25-23-14-10-21(11-15-23)19(3)4/h5-19,24H,1-4H3/p+1/b7-5+,16-6+,25-17?. The topological polar surface area (TPSA) is 26.0 Å². The SMILES string of the molecule is CC(C)c1ccc(N/C=C/C=C/C=[NH+]c2ccc(C(C)C)cc2)cc1. The second-order valence-corrected chi connectivity index (χ2v) is 6.75. The molecule has 0 spiro atoms. The molecule has 0 amide bonds. The van der Waals surface area contributed by atoms with Crippen molar-refractivity contribution in [3.05, 3.63) is 84.1 Å². The van der Waals surface area contributed by atoms with Crippen molar-refractivity contribution < 1.29 is 4.99 Å². The predicted octanol–water partition coefficient (Wildman–Crippen LogP) is 4.90. The molecule has 0 saturated heterocycles. The van der Waals surface area contributed by atoms with E-state index in [4.69, 9.17) is 0 Å². The maximum absolute atomic E-state index is 3.27. The van der Waals surface area contributed by atoms with Crippen LogP contribution in [0.2, 0.25) is 0 Å². The van der Waals surface area contributed by atoms with E-state index in [0.717, 1.165) is 11.4 Å². The van der Waals surface area contributed by atoms with Crippen LogP contribution in [0.25, 0.3) is 0 Å². The number of benzene rings is 2. The van der Waals surface area contributed by atoms with E-state index in [2.05, 4.69) is 86.5 Å². The van der Waals surface area contributed by atoms with Crippen molar-refractivity contribution >= 4 is 17.6 Å². The summed E-state index contributed by atoms with van der Waals surface area (Å²) in [5, 5.41) is 3.27. The molecule has 0 aromatic heterocycles. The molecule has 2 aromatic carbocycles. The summed E-state index contributed by atoms with van der Waals surface area (Å²) in [4.78, 5) is 3.27. The Morgan fingerprint density at radius 2 is 1.28 bits per heavy atom. The summed E-state index contributed by atoms with van der Waals surface area (Å²) in [6.45, 7) is 8.82. The molecule has 0 atom stereocenters. The van der Waals surface area contributed by atoms with Crippen molar-refractivity contribution in [2.45, 2.75) is 39.5 Å². The van der Waals surface area contributed by atoms with Crippen LogP contribution in [0.5, 0.6) is 0 Å². The first kappa shape index (κ1) is 18.7. The Kier molecular flexibility index (Phi) is 7.21. The zero-order valence-electron chi connectivity index (χ0n) is 15.7. The van der Waals surface area contributed by atoms with Gasteiger partial charge in [-0.3, -0.25) is 0 Å². The number of rotatable bonds is 7. The zero-order chi connectivity index (χ0) is 18.1. The first-order valence-corrected chi connectivity index (χ1v) is 8.94. The van der Waals surface area contributed by atoms with Gasteiger partial charge in [-0.05, 0) is 41.2 Å². The van der Waals surface area contributed by atoms with Crippen LogP contribution < -0.4 is 10.3 Å². The first-order valence-electron chi connectivity index (χ1n) is 8.94. The summed E-state index contributed by atoms with van der Waals surface area (Å²) in [5.74, 6) is 1.13. The molecule has 0 heterocycles. The van der Waals surface area contributed by atoms with Crippen LogP contribution in [0.3, 0.4) is 0 Å².